The zero-order chi connectivity index (χ0) is 13.2. The summed E-state index contributed by atoms with van der Waals surface area (Å²) in [4.78, 5) is 10.8. The van der Waals surface area contributed by atoms with Crippen LogP contribution in [0.1, 0.15) is 27.5 Å². The van der Waals surface area contributed by atoms with Crippen molar-refractivity contribution in [2.75, 3.05) is 6.61 Å². The summed E-state index contributed by atoms with van der Waals surface area (Å²) in [5.41, 5.74) is 3.74. The van der Waals surface area contributed by atoms with Crippen LogP contribution in [0.2, 0.25) is 0 Å². The van der Waals surface area contributed by atoms with E-state index in [-0.39, 0.29) is 5.56 Å². The maximum Gasteiger partial charge on any atom is 0.416 e. The van der Waals surface area contributed by atoms with Gasteiger partial charge in [-0.2, -0.15) is 13.2 Å². The first-order chi connectivity index (χ1) is 7.77. The van der Waals surface area contributed by atoms with E-state index in [1.54, 1.807) is 0 Å². The van der Waals surface area contributed by atoms with Crippen LogP contribution in [0.5, 0.6) is 0 Å². The van der Waals surface area contributed by atoms with E-state index in [9.17, 15) is 18.0 Å². The predicted octanol–water partition coefficient (Wildman–Crippen LogP) is 1.40. The van der Waals surface area contributed by atoms with Gasteiger partial charge in [-0.15, -0.1) is 0 Å². The van der Waals surface area contributed by atoms with Gasteiger partial charge in [-0.05, 0) is 17.7 Å². The highest BCUT2D eigenvalue weighted by atomic mass is 19.4. The standard InChI is InChI=1S/C10H10F3NO3/c11-10(12,13)5-1-2-6(8(14)4-15)7(3-5)9(16)17/h1-3,8,15H,4,14H2,(H,16,17)/t8-/m0/s1. The smallest absolute Gasteiger partial charge is 0.416 e. The molecule has 0 saturated heterocycles. The summed E-state index contributed by atoms with van der Waals surface area (Å²) in [7, 11) is 0. The molecule has 4 nitrogen and oxygen atoms in total. The molecule has 0 aliphatic heterocycles. The molecular weight excluding hydrogens is 239 g/mol. The third-order valence-corrected chi connectivity index (χ3v) is 2.21. The molecule has 1 aromatic carbocycles. The molecule has 0 bridgehead atoms. The van der Waals surface area contributed by atoms with Gasteiger partial charge in [0.15, 0.2) is 0 Å². The lowest BCUT2D eigenvalue weighted by atomic mass is 9.98. The van der Waals surface area contributed by atoms with Crippen molar-refractivity contribution in [3.05, 3.63) is 34.9 Å². The van der Waals surface area contributed by atoms with Crippen LogP contribution in [-0.4, -0.2) is 22.8 Å². The Hall–Kier alpha value is -1.60. The number of rotatable bonds is 3. The first-order valence-electron chi connectivity index (χ1n) is 4.58. The van der Waals surface area contributed by atoms with Crippen LogP contribution in [0, 0.1) is 0 Å². The van der Waals surface area contributed by atoms with E-state index in [1.807, 2.05) is 0 Å². The molecule has 17 heavy (non-hydrogen) atoms. The van der Waals surface area contributed by atoms with E-state index in [0.29, 0.717) is 6.07 Å². The van der Waals surface area contributed by atoms with Crippen LogP contribution in [0.3, 0.4) is 0 Å². The Labute approximate surface area is 94.5 Å². The van der Waals surface area contributed by atoms with Gasteiger partial charge in [0.25, 0.3) is 0 Å². The number of halogens is 3. The fraction of sp³-hybridized carbons (Fsp3) is 0.300. The summed E-state index contributed by atoms with van der Waals surface area (Å²) in [6.45, 7) is -0.550. The van der Waals surface area contributed by atoms with Crippen LogP contribution < -0.4 is 5.73 Å². The van der Waals surface area contributed by atoms with Crippen molar-refractivity contribution in [3.63, 3.8) is 0 Å². The number of alkyl halides is 3. The lowest BCUT2D eigenvalue weighted by Gasteiger charge is -2.14. The first kappa shape index (κ1) is 13.5. The molecular formula is C10H10F3NO3. The molecule has 1 atom stereocenters. The van der Waals surface area contributed by atoms with Gasteiger partial charge >= 0.3 is 12.1 Å². The Balaban J connectivity index is 3.32. The van der Waals surface area contributed by atoms with Crippen LogP contribution >= 0.6 is 0 Å². The highest BCUT2D eigenvalue weighted by molar-refractivity contribution is 5.90. The fourth-order valence-corrected chi connectivity index (χ4v) is 1.34. The average Bonchev–Trinajstić information content (AvgIpc) is 2.25. The quantitative estimate of drug-likeness (QED) is 0.756. The summed E-state index contributed by atoms with van der Waals surface area (Å²) in [5, 5.41) is 17.6. The fourth-order valence-electron chi connectivity index (χ4n) is 1.34. The zero-order valence-corrected chi connectivity index (χ0v) is 8.53. The normalized spacial score (nSPS) is 13.5. The van der Waals surface area contributed by atoms with Gasteiger partial charge in [0, 0.05) is 0 Å². The van der Waals surface area contributed by atoms with Crippen LogP contribution in [-0.2, 0) is 6.18 Å². The van der Waals surface area contributed by atoms with Gasteiger partial charge in [0.2, 0.25) is 0 Å². The largest absolute Gasteiger partial charge is 0.478 e. The van der Waals surface area contributed by atoms with Crippen LogP contribution in [0.4, 0.5) is 13.2 Å². The molecule has 1 aromatic rings. The van der Waals surface area contributed by atoms with Gasteiger partial charge in [-0.1, -0.05) is 6.07 Å². The van der Waals surface area contributed by atoms with E-state index in [4.69, 9.17) is 15.9 Å². The van der Waals surface area contributed by atoms with Crippen molar-refractivity contribution in [2.45, 2.75) is 12.2 Å². The van der Waals surface area contributed by atoms with E-state index in [1.165, 1.54) is 0 Å². The molecule has 0 fully saturated rings. The average molecular weight is 249 g/mol. The van der Waals surface area contributed by atoms with Crippen molar-refractivity contribution in [1.82, 2.24) is 0 Å². The second kappa shape index (κ2) is 4.72. The Bertz CT molecular complexity index is 431. The van der Waals surface area contributed by atoms with Crippen molar-refractivity contribution in [3.8, 4) is 0 Å². The number of benzene rings is 1. The van der Waals surface area contributed by atoms with Crippen molar-refractivity contribution < 1.29 is 28.2 Å². The summed E-state index contributed by atoms with van der Waals surface area (Å²) in [6.07, 6.45) is -4.62. The molecule has 7 heteroatoms. The van der Waals surface area contributed by atoms with Gasteiger partial charge in [0.05, 0.1) is 23.8 Å². The lowest BCUT2D eigenvalue weighted by molar-refractivity contribution is -0.137. The minimum atomic E-state index is -4.62. The molecule has 1 rings (SSSR count). The second-order valence-corrected chi connectivity index (χ2v) is 3.39. The molecule has 0 aliphatic carbocycles. The molecule has 0 spiro atoms. The molecule has 94 valence electrons. The van der Waals surface area contributed by atoms with Crippen molar-refractivity contribution >= 4 is 5.97 Å². The molecule has 0 radical (unpaired) electrons. The maximum absolute atomic E-state index is 12.4. The number of nitrogens with two attached hydrogens (primary N) is 1. The molecule has 0 saturated carbocycles. The number of aromatic carboxylic acids is 1. The topological polar surface area (TPSA) is 83.5 Å². The number of carboxylic acids is 1. The Kier molecular flexibility index (Phi) is 3.74. The summed E-state index contributed by atoms with van der Waals surface area (Å²) in [6, 6.07) is 1.18. The maximum atomic E-state index is 12.4. The van der Waals surface area contributed by atoms with Crippen LogP contribution in [0.25, 0.3) is 0 Å². The van der Waals surface area contributed by atoms with E-state index < -0.39 is 35.9 Å². The van der Waals surface area contributed by atoms with Gasteiger partial charge in [-0.25, -0.2) is 4.79 Å². The molecule has 4 N–H and O–H groups in total. The van der Waals surface area contributed by atoms with Crippen molar-refractivity contribution in [1.29, 1.82) is 0 Å². The van der Waals surface area contributed by atoms with E-state index in [0.717, 1.165) is 12.1 Å². The monoisotopic (exact) mass is 249 g/mol. The summed E-state index contributed by atoms with van der Waals surface area (Å²) >= 11 is 0. The zero-order valence-electron chi connectivity index (χ0n) is 8.53. The Morgan fingerprint density at radius 3 is 2.41 bits per heavy atom. The van der Waals surface area contributed by atoms with Gasteiger partial charge < -0.3 is 15.9 Å². The molecule has 0 aliphatic rings. The van der Waals surface area contributed by atoms with Gasteiger partial charge in [-0.3, -0.25) is 0 Å². The Morgan fingerprint density at radius 1 is 1.41 bits per heavy atom. The van der Waals surface area contributed by atoms with Crippen LogP contribution in [0.15, 0.2) is 18.2 Å². The molecule has 0 aromatic heterocycles. The predicted molar refractivity (Wildman–Crippen MR) is 52.4 cm³/mol. The molecule has 0 unspecified atom stereocenters. The summed E-state index contributed by atoms with van der Waals surface area (Å²) in [5.74, 6) is -1.52. The third kappa shape index (κ3) is 2.95. The lowest BCUT2D eigenvalue weighted by Crippen LogP contribution is -2.19. The number of hydrogen-bond donors (Lipinski definition) is 3. The Morgan fingerprint density at radius 2 is 2.00 bits per heavy atom. The molecule has 0 amide bonds. The minimum Gasteiger partial charge on any atom is -0.478 e. The number of carboxylic acid groups (broad SMARTS) is 1. The number of carbonyl (C=O) groups is 1. The van der Waals surface area contributed by atoms with E-state index in [2.05, 4.69) is 0 Å². The summed E-state index contributed by atoms with van der Waals surface area (Å²) < 4.78 is 37.1. The second-order valence-electron chi connectivity index (χ2n) is 3.39. The SMILES string of the molecule is N[C@@H](CO)c1ccc(C(F)(F)F)cc1C(=O)O. The first-order valence-corrected chi connectivity index (χ1v) is 4.58. The van der Waals surface area contributed by atoms with Gasteiger partial charge in [0.1, 0.15) is 0 Å². The number of aliphatic hydroxyl groups excluding tert-OH is 1. The van der Waals surface area contributed by atoms with E-state index >= 15 is 0 Å². The molecule has 0 heterocycles. The van der Waals surface area contributed by atoms with Crippen molar-refractivity contribution in [2.24, 2.45) is 5.73 Å². The minimum absolute atomic E-state index is 0.0343. The number of aliphatic hydroxyl groups is 1. The third-order valence-electron chi connectivity index (χ3n) is 2.21. The highest BCUT2D eigenvalue weighted by Gasteiger charge is 2.32. The highest BCUT2D eigenvalue weighted by Crippen LogP contribution is 2.31. The number of hydrogen-bond acceptors (Lipinski definition) is 3.